The number of carbonyl (C=O) groups excluding carboxylic acids is 2. The van der Waals surface area contributed by atoms with E-state index in [1.165, 1.54) is 0 Å². The number of hydrogen-bond acceptors (Lipinski definition) is 3. The molecule has 100 valence electrons. The van der Waals surface area contributed by atoms with Crippen molar-refractivity contribution >= 4 is 11.6 Å². The summed E-state index contributed by atoms with van der Waals surface area (Å²) in [5.74, 6) is -1.10. The number of carbonyl (C=O) groups is 2. The SMILES string of the molecule is CC1=CC[C@@]2(CC#N)c3ccccc3C(=O)C(=O)[C@H]2C1. The molecule has 0 unspecified atom stereocenters. The average molecular weight is 265 g/mol. The quantitative estimate of drug-likeness (QED) is 0.579. The highest BCUT2D eigenvalue weighted by Crippen LogP contribution is 2.50. The van der Waals surface area contributed by atoms with E-state index >= 15 is 0 Å². The Bertz CT molecular complexity index is 680. The number of allylic oxidation sites excluding steroid dienone is 2. The highest BCUT2D eigenvalue weighted by atomic mass is 16.2. The van der Waals surface area contributed by atoms with Gasteiger partial charge in [-0.15, -0.1) is 0 Å². The molecule has 2 aliphatic rings. The average Bonchev–Trinajstić information content (AvgIpc) is 2.47. The first-order chi connectivity index (χ1) is 9.60. The lowest BCUT2D eigenvalue weighted by molar-refractivity contribution is -0.121. The Kier molecular flexibility index (Phi) is 2.83. The summed E-state index contributed by atoms with van der Waals surface area (Å²) < 4.78 is 0. The van der Waals surface area contributed by atoms with Crippen LogP contribution in [0.4, 0.5) is 0 Å². The van der Waals surface area contributed by atoms with Crippen LogP contribution in [-0.2, 0) is 10.2 Å². The van der Waals surface area contributed by atoms with Gasteiger partial charge in [0.05, 0.1) is 6.07 Å². The smallest absolute Gasteiger partial charge is 0.229 e. The summed E-state index contributed by atoms with van der Waals surface area (Å²) in [6.45, 7) is 1.98. The molecule has 0 saturated carbocycles. The maximum atomic E-state index is 12.5. The van der Waals surface area contributed by atoms with Gasteiger partial charge in [0.1, 0.15) is 0 Å². The van der Waals surface area contributed by atoms with Crippen molar-refractivity contribution in [3.05, 3.63) is 47.0 Å². The third kappa shape index (κ3) is 1.58. The number of fused-ring (bicyclic) bond motifs is 3. The van der Waals surface area contributed by atoms with Crippen LogP contribution in [0.15, 0.2) is 35.9 Å². The van der Waals surface area contributed by atoms with Crippen molar-refractivity contribution in [2.45, 2.75) is 31.6 Å². The second kappa shape index (κ2) is 4.42. The highest BCUT2D eigenvalue weighted by molar-refractivity contribution is 6.46. The minimum atomic E-state index is -0.518. The molecule has 2 atom stereocenters. The number of nitriles is 1. The topological polar surface area (TPSA) is 57.9 Å². The number of ketones is 2. The van der Waals surface area contributed by atoms with Gasteiger partial charge in [0.2, 0.25) is 11.6 Å². The molecule has 3 nitrogen and oxygen atoms in total. The fourth-order valence-electron chi connectivity index (χ4n) is 3.58. The van der Waals surface area contributed by atoms with Gasteiger partial charge >= 0.3 is 0 Å². The Labute approximate surface area is 117 Å². The van der Waals surface area contributed by atoms with E-state index in [0.29, 0.717) is 18.4 Å². The van der Waals surface area contributed by atoms with Gasteiger partial charge < -0.3 is 0 Å². The molecular weight excluding hydrogens is 250 g/mol. The minimum absolute atomic E-state index is 0.275. The number of Topliss-reactive ketones (excluding diaryl/α,β-unsaturated/α-hetero) is 2. The van der Waals surface area contributed by atoms with Gasteiger partial charge in [0, 0.05) is 23.3 Å². The molecule has 0 radical (unpaired) electrons. The van der Waals surface area contributed by atoms with Crippen LogP contribution in [0.25, 0.3) is 0 Å². The van der Waals surface area contributed by atoms with Gasteiger partial charge in [-0.05, 0) is 25.3 Å². The third-order valence-electron chi connectivity index (χ3n) is 4.65. The first-order valence-corrected chi connectivity index (χ1v) is 6.81. The van der Waals surface area contributed by atoms with Crippen LogP contribution in [-0.4, -0.2) is 11.6 Å². The van der Waals surface area contributed by atoms with Crippen LogP contribution < -0.4 is 0 Å². The van der Waals surface area contributed by atoms with Crippen molar-refractivity contribution in [1.29, 1.82) is 5.26 Å². The van der Waals surface area contributed by atoms with Gasteiger partial charge in [-0.1, -0.05) is 35.9 Å². The Hall–Kier alpha value is -2.21. The van der Waals surface area contributed by atoms with Crippen molar-refractivity contribution in [2.75, 3.05) is 0 Å². The molecule has 0 saturated heterocycles. The van der Waals surface area contributed by atoms with Gasteiger partial charge in [0.15, 0.2) is 0 Å². The summed E-state index contributed by atoms with van der Waals surface area (Å²) in [6.07, 6.45) is 3.62. The summed E-state index contributed by atoms with van der Waals surface area (Å²) in [5, 5.41) is 9.23. The van der Waals surface area contributed by atoms with Crippen molar-refractivity contribution in [3.8, 4) is 6.07 Å². The fraction of sp³-hybridized carbons (Fsp3) is 0.353. The van der Waals surface area contributed by atoms with E-state index < -0.39 is 11.2 Å². The van der Waals surface area contributed by atoms with E-state index in [-0.39, 0.29) is 18.1 Å². The Balaban J connectivity index is 2.28. The molecule has 0 amide bonds. The van der Waals surface area contributed by atoms with Crippen LogP contribution in [0.1, 0.15) is 42.1 Å². The summed E-state index contributed by atoms with van der Waals surface area (Å²) in [6, 6.07) is 9.48. The molecule has 0 aliphatic heterocycles. The predicted molar refractivity (Wildman–Crippen MR) is 74.2 cm³/mol. The Morgan fingerprint density at radius 3 is 2.85 bits per heavy atom. The molecule has 0 heterocycles. The van der Waals surface area contributed by atoms with E-state index in [1.54, 1.807) is 12.1 Å². The molecule has 2 aliphatic carbocycles. The molecule has 3 rings (SSSR count). The van der Waals surface area contributed by atoms with E-state index in [9.17, 15) is 14.9 Å². The lowest BCUT2D eigenvalue weighted by Crippen LogP contribution is -2.49. The molecule has 0 fully saturated rings. The van der Waals surface area contributed by atoms with Crippen molar-refractivity contribution in [3.63, 3.8) is 0 Å². The zero-order valence-corrected chi connectivity index (χ0v) is 11.3. The van der Waals surface area contributed by atoms with Crippen molar-refractivity contribution < 1.29 is 9.59 Å². The Morgan fingerprint density at radius 1 is 1.35 bits per heavy atom. The minimum Gasteiger partial charge on any atom is -0.290 e. The van der Waals surface area contributed by atoms with Gasteiger partial charge in [-0.2, -0.15) is 5.26 Å². The van der Waals surface area contributed by atoms with Crippen molar-refractivity contribution in [2.24, 2.45) is 5.92 Å². The molecule has 1 aromatic carbocycles. The molecule has 0 N–H and O–H groups in total. The summed E-state index contributed by atoms with van der Waals surface area (Å²) in [4.78, 5) is 24.7. The van der Waals surface area contributed by atoms with E-state index in [1.807, 2.05) is 19.1 Å². The zero-order chi connectivity index (χ0) is 14.3. The third-order valence-corrected chi connectivity index (χ3v) is 4.65. The molecule has 0 spiro atoms. The van der Waals surface area contributed by atoms with Crippen LogP contribution in [0.5, 0.6) is 0 Å². The van der Waals surface area contributed by atoms with Gasteiger partial charge in [0.25, 0.3) is 0 Å². The fourth-order valence-corrected chi connectivity index (χ4v) is 3.58. The maximum absolute atomic E-state index is 12.5. The first-order valence-electron chi connectivity index (χ1n) is 6.81. The molecular formula is C17H15NO2. The van der Waals surface area contributed by atoms with Crippen LogP contribution in [0.3, 0.4) is 0 Å². The van der Waals surface area contributed by atoms with E-state index in [0.717, 1.165) is 11.1 Å². The van der Waals surface area contributed by atoms with Crippen LogP contribution >= 0.6 is 0 Å². The normalized spacial score (nSPS) is 28.2. The highest BCUT2D eigenvalue weighted by Gasteiger charge is 2.52. The van der Waals surface area contributed by atoms with Crippen molar-refractivity contribution in [1.82, 2.24) is 0 Å². The number of hydrogen-bond donors (Lipinski definition) is 0. The second-order valence-electron chi connectivity index (χ2n) is 5.74. The number of nitrogens with zero attached hydrogens (tertiary/aromatic N) is 1. The largest absolute Gasteiger partial charge is 0.290 e. The maximum Gasteiger partial charge on any atom is 0.229 e. The predicted octanol–water partition coefficient (Wildman–Crippen LogP) is 2.96. The van der Waals surface area contributed by atoms with E-state index in [4.69, 9.17) is 0 Å². The second-order valence-corrected chi connectivity index (χ2v) is 5.74. The standard InChI is InChI=1S/C17H15NO2/c1-11-6-7-17(8-9-18)13-5-3-2-4-12(13)15(19)16(20)14(17)10-11/h2-6,14H,7-8,10H2,1H3/t14-,17-/m1/s1. The molecule has 20 heavy (non-hydrogen) atoms. The molecule has 0 aromatic heterocycles. The lowest BCUT2D eigenvalue weighted by Gasteiger charge is -2.44. The molecule has 1 aromatic rings. The molecule has 0 bridgehead atoms. The van der Waals surface area contributed by atoms with Crippen LogP contribution in [0, 0.1) is 17.2 Å². The van der Waals surface area contributed by atoms with Crippen LogP contribution in [0.2, 0.25) is 0 Å². The zero-order valence-electron chi connectivity index (χ0n) is 11.3. The lowest BCUT2D eigenvalue weighted by atomic mass is 9.56. The first kappa shape index (κ1) is 12.8. The Morgan fingerprint density at radius 2 is 2.10 bits per heavy atom. The summed E-state index contributed by atoms with van der Waals surface area (Å²) >= 11 is 0. The monoisotopic (exact) mass is 265 g/mol. The van der Waals surface area contributed by atoms with Gasteiger partial charge in [-0.3, -0.25) is 9.59 Å². The molecule has 3 heteroatoms. The number of benzene rings is 1. The summed E-state index contributed by atoms with van der Waals surface area (Å²) in [7, 11) is 0. The summed E-state index contributed by atoms with van der Waals surface area (Å²) in [5.41, 5.74) is 1.97. The van der Waals surface area contributed by atoms with E-state index in [2.05, 4.69) is 12.1 Å². The number of rotatable bonds is 1. The van der Waals surface area contributed by atoms with Gasteiger partial charge in [-0.25, -0.2) is 0 Å².